The van der Waals surface area contributed by atoms with Crippen LogP contribution >= 0.6 is 23.2 Å². The van der Waals surface area contributed by atoms with Crippen molar-refractivity contribution in [3.63, 3.8) is 0 Å². The minimum absolute atomic E-state index is 0.141. The molecule has 104 valence electrons. The number of ether oxygens (including phenoxy) is 1. The number of allylic oxidation sites excluding steroid dienone is 1. The molecule has 0 aliphatic carbocycles. The highest BCUT2D eigenvalue weighted by Crippen LogP contribution is 2.27. The first-order valence-electron chi connectivity index (χ1n) is 6.71. The lowest BCUT2D eigenvalue weighted by Gasteiger charge is -2.25. The van der Waals surface area contributed by atoms with Crippen molar-refractivity contribution in [1.29, 1.82) is 0 Å². The van der Waals surface area contributed by atoms with Gasteiger partial charge in [-0.2, -0.15) is 0 Å². The Morgan fingerprint density at radius 2 is 2.05 bits per heavy atom. The number of nitrogens with one attached hydrogen (secondary N) is 1. The minimum Gasteiger partial charge on any atom is -0.497 e. The second kappa shape index (κ2) is 7.18. The molecule has 0 saturated carbocycles. The summed E-state index contributed by atoms with van der Waals surface area (Å²) in [6, 6.07) is 5.76. The fourth-order valence-corrected chi connectivity index (χ4v) is 2.82. The van der Waals surface area contributed by atoms with E-state index in [4.69, 9.17) is 27.9 Å². The fraction of sp³-hybridized carbons (Fsp3) is 0.467. The normalized spacial score (nSPS) is 16.7. The second-order valence-electron chi connectivity index (χ2n) is 4.61. The molecule has 19 heavy (non-hydrogen) atoms. The maximum atomic E-state index is 6.24. The third-order valence-corrected chi connectivity index (χ3v) is 3.93. The van der Waals surface area contributed by atoms with Gasteiger partial charge in [-0.05, 0) is 49.6 Å². The van der Waals surface area contributed by atoms with Crippen LogP contribution in [0.3, 0.4) is 0 Å². The van der Waals surface area contributed by atoms with Gasteiger partial charge in [-0.15, -0.1) is 0 Å². The number of benzene rings is 1. The zero-order valence-electron chi connectivity index (χ0n) is 11.1. The molecular weight excluding hydrogens is 281 g/mol. The van der Waals surface area contributed by atoms with Gasteiger partial charge in [-0.3, -0.25) is 0 Å². The Hall–Kier alpha value is -0.700. The first kappa shape index (κ1) is 14.7. The maximum Gasteiger partial charge on any atom is 0.109 e. The standard InChI is InChI=1S/C15H19Cl2NO/c1-2-18-14(15-8-3-4-9-19-15)10-11-12(16)6-5-7-13(11)17/h5-8,14,18H,2-4,9-10H2,1H3. The molecule has 1 aliphatic rings. The molecule has 0 aromatic heterocycles. The molecular formula is C15H19Cl2NO. The summed E-state index contributed by atoms with van der Waals surface area (Å²) in [5.74, 6) is 1.02. The summed E-state index contributed by atoms with van der Waals surface area (Å²) in [4.78, 5) is 0. The number of likely N-dealkylation sites (N-methyl/N-ethyl adjacent to an activating group) is 1. The lowest BCUT2D eigenvalue weighted by molar-refractivity contribution is 0.167. The van der Waals surface area contributed by atoms with Gasteiger partial charge in [0.2, 0.25) is 0 Å². The van der Waals surface area contributed by atoms with Gasteiger partial charge in [-0.1, -0.05) is 36.2 Å². The number of hydrogen-bond donors (Lipinski definition) is 1. The highest BCUT2D eigenvalue weighted by molar-refractivity contribution is 6.36. The lowest BCUT2D eigenvalue weighted by Crippen LogP contribution is -2.35. The van der Waals surface area contributed by atoms with Gasteiger partial charge in [0.25, 0.3) is 0 Å². The zero-order chi connectivity index (χ0) is 13.7. The van der Waals surface area contributed by atoms with Crippen molar-refractivity contribution in [2.24, 2.45) is 0 Å². The van der Waals surface area contributed by atoms with Crippen LogP contribution in [0.2, 0.25) is 10.0 Å². The van der Waals surface area contributed by atoms with Crippen LogP contribution in [0.15, 0.2) is 30.0 Å². The molecule has 0 radical (unpaired) electrons. The van der Waals surface area contributed by atoms with Crippen molar-refractivity contribution in [3.8, 4) is 0 Å². The summed E-state index contributed by atoms with van der Waals surface area (Å²) in [6.07, 6.45) is 5.09. The number of rotatable bonds is 5. The van der Waals surface area contributed by atoms with E-state index in [1.165, 1.54) is 0 Å². The van der Waals surface area contributed by atoms with E-state index in [0.29, 0.717) is 10.0 Å². The Labute approximate surface area is 124 Å². The molecule has 1 N–H and O–H groups in total. The Balaban J connectivity index is 2.18. The van der Waals surface area contributed by atoms with Crippen molar-refractivity contribution < 1.29 is 4.74 Å². The second-order valence-corrected chi connectivity index (χ2v) is 5.43. The average Bonchev–Trinajstić information content (AvgIpc) is 2.43. The average molecular weight is 300 g/mol. The van der Waals surface area contributed by atoms with Crippen molar-refractivity contribution in [2.75, 3.05) is 13.2 Å². The van der Waals surface area contributed by atoms with E-state index in [0.717, 1.165) is 43.7 Å². The molecule has 0 amide bonds. The Morgan fingerprint density at radius 1 is 1.32 bits per heavy atom. The molecule has 0 bridgehead atoms. The molecule has 1 aromatic carbocycles. The molecule has 1 aromatic rings. The van der Waals surface area contributed by atoms with Gasteiger partial charge in [0.15, 0.2) is 0 Å². The van der Waals surface area contributed by atoms with E-state index >= 15 is 0 Å². The van der Waals surface area contributed by atoms with Crippen LogP contribution < -0.4 is 5.32 Å². The molecule has 1 unspecified atom stereocenters. The summed E-state index contributed by atoms with van der Waals surface area (Å²) < 4.78 is 5.76. The molecule has 0 spiro atoms. The SMILES string of the molecule is CCNC(Cc1c(Cl)cccc1Cl)C1=CCCCO1. The monoisotopic (exact) mass is 299 g/mol. The molecule has 1 heterocycles. The van der Waals surface area contributed by atoms with Gasteiger partial charge < -0.3 is 10.1 Å². The Kier molecular flexibility index (Phi) is 5.56. The molecule has 0 saturated heterocycles. The van der Waals surface area contributed by atoms with Crippen molar-refractivity contribution >= 4 is 23.2 Å². The van der Waals surface area contributed by atoms with Gasteiger partial charge in [0.05, 0.1) is 12.6 Å². The molecule has 0 fully saturated rings. The highest BCUT2D eigenvalue weighted by Gasteiger charge is 2.20. The highest BCUT2D eigenvalue weighted by atomic mass is 35.5. The van der Waals surface area contributed by atoms with Crippen LogP contribution in [0.5, 0.6) is 0 Å². The van der Waals surface area contributed by atoms with Gasteiger partial charge in [0, 0.05) is 10.0 Å². The summed E-state index contributed by atoms with van der Waals surface area (Å²) >= 11 is 12.5. The molecule has 1 atom stereocenters. The molecule has 2 rings (SSSR count). The first-order chi connectivity index (χ1) is 9.22. The van der Waals surface area contributed by atoms with Crippen molar-refractivity contribution in [1.82, 2.24) is 5.32 Å². The first-order valence-corrected chi connectivity index (χ1v) is 7.47. The summed E-state index contributed by atoms with van der Waals surface area (Å²) in [7, 11) is 0. The summed E-state index contributed by atoms with van der Waals surface area (Å²) in [6.45, 7) is 3.77. The van der Waals surface area contributed by atoms with E-state index in [1.54, 1.807) is 0 Å². The topological polar surface area (TPSA) is 21.3 Å². The third-order valence-electron chi connectivity index (χ3n) is 3.23. The predicted octanol–water partition coefficient (Wildman–Crippen LogP) is 4.21. The van der Waals surface area contributed by atoms with Crippen LogP contribution in [-0.4, -0.2) is 19.2 Å². The molecule has 4 heteroatoms. The van der Waals surface area contributed by atoms with Crippen LogP contribution in [0.4, 0.5) is 0 Å². The largest absolute Gasteiger partial charge is 0.497 e. The predicted molar refractivity (Wildman–Crippen MR) is 80.9 cm³/mol. The third kappa shape index (κ3) is 3.88. The summed E-state index contributed by atoms with van der Waals surface area (Å²) in [5, 5.41) is 4.87. The molecule has 2 nitrogen and oxygen atoms in total. The Morgan fingerprint density at radius 3 is 2.63 bits per heavy atom. The van der Waals surface area contributed by atoms with Gasteiger partial charge >= 0.3 is 0 Å². The minimum atomic E-state index is 0.141. The van der Waals surface area contributed by atoms with E-state index in [9.17, 15) is 0 Å². The quantitative estimate of drug-likeness (QED) is 0.879. The van der Waals surface area contributed by atoms with Crippen molar-refractivity contribution in [2.45, 2.75) is 32.2 Å². The summed E-state index contributed by atoms with van der Waals surface area (Å²) in [5.41, 5.74) is 0.979. The zero-order valence-corrected chi connectivity index (χ0v) is 12.6. The van der Waals surface area contributed by atoms with E-state index < -0.39 is 0 Å². The van der Waals surface area contributed by atoms with E-state index in [-0.39, 0.29) is 6.04 Å². The lowest BCUT2D eigenvalue weighted by atomic mass is 10.0. The number of hydrogen-bond acceptors (Lipinski definition) is 2. The molecule has 1 aliphatic heterocycles. The number of halogens is 2. The van der Waals surface area contributed by atoms with E-state index in [1.807, 2.05) is 18.2 Å². The van der Waals surface area contributed by atoms with Crippen LogP contribution in [0.25, 0.3) is 0 Å². The van der Waals surface area contributed by atoms with Gasteiger partial charge in [-0.25, -0.2) is 0 Å². The smallest absolute Gasteiger partial charge is 0.109 e. The van der Waals surface area contributed by atoms with Crippen molar-refractivity contribution in [3.05, 3.63) is 45.6 Å². The van der Waals surface area contributed by atoms with Crippen LogP contribution in [0, 0.1) is 0 Å². The van der Waals surface area contributed by atoms with Gasteiger partial charge in [0.1, 0.15) is 5.76 Å². The van der Waals surface area contributed by atoms with Crippen LogP contribution in [0.1, 0.15) is 25.3 Å². The maximum absolute atomic E-state index is 6.24. The van der Waals surface area contributed by atoms with E-state index in [2.05, 4.69) is 18.3 Å². The fourth-order valence-electron chi connectivity index (χ4n) is 2.27. The Bertz CT molecular complexity index is 439. The van der Waals surface area contributed by atoms with Crippen LogP contribution in [-0.2, 0) is 11.2 Å².